The van der Waals surface area contributed by atoms with Gasteiger partial charge in [-0.15, -0.1) is 0 Å². The van der Waals surface area contributed by atoms with Gasteiger partial charge in [0.05, 0.1) is 27.2 Å². The van der Waals surface area contributed by atoms with Gasteiger partial charge >= 0.3 is 0 Å². The molecule has 0 spiro atoms. The Morgan fingerprint density at radius 1 is 0.964 bits per heavy atom. The molecule has 0 fully saturated rings. The molecule has 0 heterocycles. The van der Waals surface area contributed by atoms with Crippen LogP contribution in [-0.4, -0.2) is 32.6 Å². The number of hydrogen-bond acceptors (Lipinski definition) is 5. The second-order valence-corrected chi connectivity index (χ2v) is 6.29. The quantitative estimate of drug-likeness (QED) is 0.658. The number of benzene rings is 2. The molecule has 0 bridgehead atoms. The molecule has 7 nitrogen and oxygen atoms in total. The monoisotopic (exact) mass is 406 g/mol. The number of nitrogens with one attached hydrogen (secondary N) is 2. The molecular formula is C20H23ClN2O5. The van der Waals surface area contributed by atoms with Gasteiger partial charge in [-0.3, -0.25) is 20.4 Å². The van der Waals surface area contributed by atoms with E-state index in [1.165, 1.54) is 14.2 Å². The normalized spacial score (nSPS) is 10.1. The number of methoxy groups -OCH3 is 2. The topological polar surface area (TPSA) is 85.9 Å². The van der Waals surface area contributed by atoms with E-state index in [9.17, 15) is 9.59 Å². The van der Waals surface area contributed by atoms with Gasteiger partial charge in [0.2, 0.25) is 5.91 Å². The van der Waals surface area contributed by atoms with Gasteiger partial charge in [-0.25, -0.2) is 0 Å². The van der Waals surface area contributed by atoms with Crippen LogP contribution < -0.4 is 25.1 Å². The fraction of sp³-hybridized carbons (Fsp3) is 0.300. The molecule has 0 atom stereocenters. The first-order chi connectivity index (χ1) is 13.5. The Hall–Kier alpha value is -2.93. The molecule has 2 aromatic carbocycles. The average Bonchev–Trinajstić information content (AvgIpc) is 2.70. The van der Waals surface area contributed by atoms with Gasteiger partial charge in [0, 0.05) is 16.1 Å². The first kappa shape index (κ1) is 21.4. The lowest BCUT2D eigenvalue weighted by Gasteiger charge is -2.13. The maximum absolute atomic E-state index is 12.3. The van der Waals surface area contributed by atoms with Gasteiger partial charge in [-0.05, 0) is 42.8 Å². The standard InChI is InChI=1S/C20H23ClN2O5/c1-4-9-28-17-7-5-13(11-18(17)27-3)20(25)23-22-19(24)12-14-10-15(21)6-8-16(14)26-2/h5-8,10-11H,4,9,12H2,1-3H3,(H,22,24)(H,23,25). The van der Waals surface area contributed by atoms with Crippen molar-refractivity contribution in [3.63, 3.8) is 0 Å². The Morgan fingerprint density at radius 2 is 1.68 bits per heavy atom. The molecule has 0 aliphatic rings. The van der Waals surface area contributed by atoms with Crippen LogP contribution >= 0.6 is 11.6 Å². The fourth-order valence-electron chi connectivity index (χ4n) is 2.44. The summed E-state index contributed by atoms with van der Waals surface area (Å²) in [5.41, 5.74) is 5.69. The highest BCUT2D eigenvalue weighted by Gasteiger charge is 2.14. The van der Waals surface area contributed by atoms with E-state index in [1.807, 2.05) is 6.92 Å². The van der Waals surface area contributed by atoms with Crippen molar-refractivity contribution in [2.24, 2.45) is 0 Å². The summed E-state index contributed by atoms with van der Waals surface area (Å²) in [4.78, 5) is 24.5. The van der Waals surface area contributed by atoms with Crippen molar-refractivity contribution in [2.75, 3.05) is 20.8 Å². The van der Waals surface area contributed by atoms with Gasteiger partial charge in [0.1, 0.15) is 5.75 Å². The zero-order valence-electron chi connectivity index (χ0n) is 16.0. The number of carbonyl (C=O) groups excluding carboxylic acids is 2. The van der Waals surface area contributed by atoms with Crippen molar-refractivity contribution < 1.29 is 23.8 Å². The van der Waals surface area contributed by atoms with Crippen LogP contribution in [0, 0.1) is 0 Å². The van der Waals surface area contributed by atoms with Crippen molar-refractivity contribution in [1.82, 2.24) is 10.9 Å². The first-order valence-electron chi connectivity index (χ1n) is 8.71. The Kier molecular flexibility index (Phi) is 7.95. The Bertz CT molecular complexity index is 841. The number of carbonyl (C=O) groups is 2. The van der Waals surface area contributed by atoms with Gasteiger partial charge in [-0.2, -0.15) is 0 Å². The third-order valence-corrected chi connectivity index (χ3v) is 4.03. The van der Waals surface area contributed by atoms with E-state index in [0.717, 1.165) is 6.42 Å². The van der Waals surface area contributed by atoms with Crippen LogP contribution in [0.5, 0.6) is 17.2 Å². The minimum atomic E-state index is -0.480. The third-order valence-electron chi connectivity index (χ3n) is 3.80. The molecule has 0 aromatic heterocycles. The highest BCUT2D eigenvalue weighted by Crippen LogP contribution is 2.28. The van der Waals surface area contributed by atoms with Crippen LogP contribution in [0.3, 0.4) is 0 Å². The highest BCUT2D eigenvalue weighted by atomic mass is 35.5. The van der Waals surface area contributed by atoms with Crippen molar-refractivity contribution in [3.8, 4) is 17.2 Å². The van der Waals surface area contributed by atoms with Gasteiger partial charge in [-0.1, -0.05) is 18.5 Å². The second-order valence-electron chi connectivity index (χ2n) is 5.85. The molecule has 0 radical (unpaired) electrons. The molecule has 0 unspecified atom stereocenters. The minimum absolute atomic E-state index is 0.00285. The SMILES string of the molecule is CCCOc1ccc(C(=O)NNC(=O)Cc2cc(Cl)ccc2OC)cc1OC. The predicted molar refractivity (Wildman–Crippen MR) is 106 cm³/mol. The van der Waals surface area contributed by atoms with Gasteiger partial charge in [0.15, 0.2) is 11.5 Å². The van der Waals surface area contributed by atoms with Crippen molar-refractivity contribution in [2.45, 2.75) is 19.8 Å². The van der Waals surface area contributed by atoms with Crippen LogP contribution in [0.15, 0.2) is 36.4 Å². The Morgan fingerprint density at radius 3 is 2.36 bits per heavy atom. The molecule has 28 heavy (non-hydrogen) atoms. The molecule has 0 saturated heterocycles. The van der Waals surface area contributed by atoms with E-state index in [2.05, 4.69) is 10.9 Å². The molecular weight excluding hydrogens is 384 g/mol. The van der Waals surface area contributed by atoms with E-state index < -0.39 is 11.8 Å². The zero-order chi connectivity index (χ0) is 20.5. The summed E-state index contributed by atoms with van der Waals surface area (Å²) in [7, 11) is 3.00. The number of halogens is 1. The molecule has 2 amide bonds. The van der Waals surface area contributed by atoms with E-state index in [0.29, 0.717) is 40.0 Å². The molecule has 8 heteroatoms. The smallest absolute Gasteiger partial charge is 0.269 e. The number of hydrazine groups is 1. The lowest BCUT2D eigenvalue weighted by molar-refractivity contribution is -0.121. The number of ether oxygens (including phenoxy) is 3. The minimum Gasteiger partial charge on any atom is -0.496 e. The maximum atomic E-state index is 12.3. The summed E-state index contributed by atoms with van der Waals surface area (Å²) in [6.07, 6.45) is 0.853. The van der Waals surface area contributed by atoms with E-state index >= 15 is 0 Å². The van der Waals surface area contributed by atoms with Crippen LogP contribution in [0.25, 0.3) is 0 Å². The van der Waals surface area contributed by atoms with Gasteiger partial charge < -0.3 is 14.2 Å². The lowest BCUT2D eigenvalue weighted by atomic mass is 10.1. The largest absolute Gasteiger partial charge is 0.496 e. The molecule has 2 rings (SSSR count). The number of rotatable bonds is 8. The summed E-state index contributed by atoms with van der Waals surface area (Å²) in [6.45, 7) is 2.54. The van der Waals surface area contributed by atoms with E-state index in [4.69, 9.17) is 25.8 Å². The summed E-state index contributed by atoms with van der Waals surface area (Å²) >= 11 is 5.96. The highest BCUT2D eigenvalue weighted by molar-refractivity contribution is 6.30. The molecule has 0 saturated carbocycles. The van der Waals surface area contributed by atoms with Crippen LogP contribution in [0.1, 0.15) is 29.3 Å². The first-order valence-corrected chi connectivity index (χ1v) is 9.08. The average molecular weight is 407 g/mol. The zero-order valence-corrected chi connectivity index (χ0v) is 16.8. The van der Waals surface area contributed by atoms with Gasteiger partial charge in [0.25, 0.3) is 5.91 Å². The Balaban J connectivity index is 1.98. The Labute approximate surface area is 168 Å². The summed E-state index contributed by atoms with van der Waals surface area (Å²) in [6, 6.07) is 9.79. The molecule has 0 aliphatic heterocycles. The molecule has 2 N–H and O–H groups in total. The number of amides is 2. The van der Waals surface area contributed by atoms with Crippen molar-refractivity contribution in [3.05, 3.63) is 52.5 Å². The van der Waals surface area contributed by atoms with Crippen molar-refractivity contribution >= 4 is 23.4 Å². The van der Waals surface area contributed by atoms with E-state index in [-0.39, 0.29) is 6.42 Å². The second kappa shape index (κ2) is 10.4. The number of hydrogen-bond donors (Lipinski definition) is 2. The summed E-state index contributed by atoms with van der Waals surface area (Å²) in [5, 5.41) is 0.491. The van der Waals surface area contributed by atoms with Crippen LogP contribution in [-0.2, 0) is 11.2 Å². The summed E-state index contributed by atoms with van der Waals surface area (Å²) < 4.78 is 16.0. The lowest BCUT2D eigenvalue weighted by Crippen LogP contribution is -2.42. The third kappa shape index (κ3) is 5.79. The summed E-state index contributed by atoms with van der Waals surface area (Å²) in [5.74, 6) is 0.642. The van der Waals surface area contributed by atoms with Crippen LogP contribution in [0.2, 0.25) is 5.02 Å². The maximum Gasteiger partial charge on any atom is 0.269 e. The van der Waals surface area contributed by atoms with E-state index in [1.54, 1.807) is 36.4 Å². The van der Waals surface area contributed by atoms with Crippen LogP contribution in [0.4, 0.5) is 0 Å². The van der Waals surface area contributed by atoms with Crippen molar-refractivity contribution in [1.29, 1.82) is 0 Å². The predicted octanol–water partition coefficient (Wildman–Crippen LogP) is 3.15. The fourth-order valence-corrected chi connectivity index (χ4v) is 2.64. The molecule has 0 aliphatic carbocycles. The molecule has 2 aromatic rings. The molecule has 150 valence electrons.